The van der Waals surface area contributed by atoms with E-state index in [4.69, 9.17) is 16.0 Å². The Hall–Kier alpha value is -3.64. The molecule has 7 heteroatoms. The third-order valence-electron chi connectivity index (χ3n) is 4.22. The standard InChI is InChI=1S/C22H17ClN4O2/c23-17-13-11-16(12-14-17)20-26-27-21(29-20)19(15-7-3-1-4-8-15)25-22(28)24-18-9-5-2-6-10-18/h1-14,19H,(H2,24,25,28). The minimum atomic E-state index is -0.603. The number of anilines is 1. The molecule has 0 saturated carbocycles. The molecule has 1 heterocycles. The van der Waals surface area contributed by atoms with Crippen LogP contribution in [0.5, 0.6) is 0 Å². The van der Waals surface area contributed by atoms with E-state index in [1.54, 1.807) is 24.3 Å². The average molecular weight is 405 g/mol. The van der Waals surface area contributed by atoms with Gasteiger partial charge in [0.25, 0.3) is 0 Å². The first-order chi connectivity index (χ1) is 14.2. The summed E-state index contributed by atoms with van der Waals surface area (Å²) in [6, 6.07) is 24.8. The lowest BCUT2D eigenvalue weighted by Gasteiger charge is -2.16. The highest BCUT2D eigenvalue weighted by atomic mass is 35.5. The molecule has 0 radical (unpaired) electrons. The van der Waals surface area contributed by atoms with Gasteiger partial charge in [0.15, 0.2) is 0 Å². The number of nitrogens with one attached hydrogen (secondary N) is 2. The van der Waals surface area contributed by atoms with Crippen LogP contribution in [0.1, 0.15) is 17.5 Å². The van der Waals surface area contributed by atoms with Gasteiger partial charge in [0, 0.05) is 16.3 Å². The predicted molar refractivity (Wildman–Crippen MR) is 112 cm³/mol. The molecule has 29 heavy (non-hydrogen) atoms. The molecule has 4 aromatic rings. The lowest BCUT2D eigenvalue weighted by molar-refractivity contribution is 0.248. The van der Waals surface area contributed by atoms with E-state index in [0.717, 1.165) is 11.1 Å². The first-order valence-corrected chi connectivity index (χ1v) is 9.34. The third kappa shape index (κ3) is 4.62. The van der Waals surface area contributed by atoms with Crippen molar-refractivity contribution in [1.29, 1.82) is 0 Å². The number of carbonyl (C=O) groups is 1. The predicted octanol–water partition coefficient (Wildman–Crippen LogP) is 5.30. The highest BCUT2D eigenvalue weighted by Crippen LogP contribution is 2.26. The SMILES string of the molecule is O=C(Nc1ccccc1)NC(c1ccccc1)c1nnc(-c2ccc(Cl)cc2)o1. The van der Waals surface area contributed by atoms with E-state index < -0.39 is 6.04 Å². The second-order valence-corrected chi connectivity index (χ2v) is 6.70. The second-order valence-electron chi connectivity index (χ2n) is 6.26. The molecule has 1 aromatic heterocycles. The Kier molecular flexibility index (Phi) is 5.54. The quantitative estimate of drug-likeness (QED) is 0.473. The van der Waals surface area contributed by atoms with Crippen molar-refractivity contribution in [2.75, 3.05) is 5.32 Å². The number of nitrogens with zero attached hydrogens (tertiary/aromatic N) is 2. The van der Waals surface area contributed by atoms with E-state index in [-0.39, 0.29) is 11.9 Å². The van der Waals surface area contributed by atoms with Gasteiger partial charge in [-0.15, -0.1) is 10.2 Å². The van der Waals surface area contributed by atoms with Gasteiger partial charge in [0.05, 0.1) is 0 Å². The minimum absolute atomic E-state index is 0.282. The zero-order valence-electron chi connectivity index (χ0n) is 15.2. The number of benzene rings is 3. The monoisotopic (exact) mass is 404 g/mol. The first-order valence-electron chi connectivity index (χ1n) is 8.96. The van der Waals surface area contributed by atoms with Gasteiger partial charge >= 0.3 is 6.03 Å². The molecular formula is C22H17ClN4O2. The molecule has 6 nitrogen and oxygen atoms in total. The zero-order chi connectivity index (χ0) is 20.1. The molecule has 2 N–H and O–H groups in total. The van der Waals surface area contributed by atoms with E-state index in [2.05, 4.69) is 20.8 Å². The van der Waals surface area contributed by atoms with Crippen LogP contribution in [0.25, 0.3) is 11.5 Å². The van der Waals surface area contributed by atoms with Crippen molar-refractivity contribution >= 4 is 23.3 Å². The number of halogens is 1. The summed E-state index contributed by atoms with van der Waals surface area (Å²) in [6.45, 7) is 0. The Morgan fingerprint density at radius 1 is 0.862 bits per heavy atom. The number of rotatable bonds is 5. The van der Waals surface area contributed by atoms with Crippen molar-refractivity contribution in [3.63, 3.8) is 0 Å². The van der Waals surface area contributed by atoms with Crippen LogP contribution in [0.4, 0.5) is 10.5 Å². The Morgan fingerprint density at radius 3 is 2.21 bits per heavy atom. The molecule has 1 atom stereocenters. The molecule has 0 aliphatic carbocycles. The largest absolute Gasteiger partial charge is 0.418 e. The molecular weight excluding hydrogens is 388 g/mol. The van der Waals surface area contributed by atoms with Gasteiger partial charge in [0.2, 0.25) is 11.8 Å². The van der Waals surface area contributed by atoms with Crippen molar-refractivity contribution in [3.8, 4) is 11.5 Å². The molecule has 0 aliphatic heterocycles. The lowest BCUT2D eigenvalue weighted by atomic mass is 10.1. The number of para-hydroxylation sites is 1. The van der Waals surface area contributed by atoms with Gasteiger partial charge in [0.1, 0.15) is 6.04 Å². The van der Waals surface area contributed by atoms with Gasteiger partial charge < -0.3 is 15.1 Å². The highest BCUT2D eigenvalue weighted by Gasteiger charge is 2.23. The average Bonchev–Trinajstić information content (AvgIpc) is 3.24. The van der Waals surface area contributed by atoms with Crippen LogP contribution in [0, 0.1) is 0 Å². The summed E-state index contributed by atoms with van der Waals surface area (Å²) in [7, 11) is 0. The van der Waals surface area contributed by atoms with Crippen LogP contribution in [-0.2, 0) is 0 Å². The van der Waals surface area contributed by atoms with E-state index in [1.165, 1.54) is 0 Å². The van der Waals surface area contributed by atoms with E-state index in [9.17, 15) is 4.79 Å². The van der Waals surface area contributed by atoms with Crippen molar-refractivity contribution in [1.82, 2.24) is 15.5 Å². The van der Waals surface area contributed by atoms with Crippen LogP contribution in [-0.4, -0.2) is 16.2 Å². The van der Waals surface area contributed by atoms with Crippen molar-refractivity contribution in [2.45, 2.75) is 6.04 Å². The zero-order valence-corrected chi connectivity index (χ0v) is 16.0. The molecule has 2 amide bonds. The van der Waals surface area contributed by atoms with Crippen molar-refractivity contribution in [2.24, 2.45) is 0 Å². The maximum Gasteiger partial charge on any atom is 0.320 e. The summed E-state index contributed by atoms with van der Waals surface area (Å²) < 4.78 is 5.87. The normalized spacial score (nSPS) is 11.6. The Balaban J connectivity index is 1.60. The smallest absolute Gasteiger partial charge is 0.320 e. The van der Waals surface area contributed by atoms with Crippen LogP contribution in [0.15, 0.2) is 89.3 Å². The summed E-state index contributed by atoms with van der Waals surface area (Å²) in [5.41, 5.74) is 2.25. The number of hydrogen-bond acceptors (Lipinski definition) is 4. The highest BCUT2D eigenvalue weighted by molar-refractivity contribution is 6.30. The van der Waals surface area contributed by atoms with Crippen LogP contribution >= 0.6 is 11.6 Å². The van der Waals surface area contributed by atoms with Crippen molar-refractivity contribution in [3.05, 3.63) is 101 Å². The number of carbonyl (C=O) groups excluding carboxylic acids is 1. The Labute approximate surface area is 172 Å². The molecule has 0 bridgehead atoms. The summed E-state index contributed by atoms with van der Waals surface area (Å²) >= 11 is 5.94. The fourth-order valence-electron chi connectivity index (χ4n) is 2.81. The summed E-state index contributed by atoms with van der Waals surface area (Å²) in [4.78, 5) is 12.6. The second kappa shape index (κ2) is 8.58. The molecule has 0 fully saturated rings. The van der Waals surface area contributed by atoms with Gasteiger partial charge in [-0.05, 0) is 42.0 Å². The fraction of sp³-hybridized carbons (Fsp3) is 0.0455. The van der Waals surface area contributed by atoms with E-state index >= 15 is 0 Å². The van der Waals surface area contributed by atoms with Crippen LogP contribution in [0.3, 0.4) is 0 Å². The van der Waals surface area contributed by atoms with Crippen LogP contribution < -0.4 is 10.6 Å². The molecule has 1 unspecified atom stereocenters. The minimum Gasteiger partial charge on any atom is -0.418 e. The van der Waals surface area contributed by atoms with Gasteiger partial charge in [-0.2, -0.15) is 0 Å². The number of urea groups is 1. The van der Waals surface area contributed by atoms with Crippen molar-refractivity contribution < 1.29 is 9.21 Å². The summed E-state index contributed by atoms with van der Waals surface area (Å²) in [5.74, 6) is 0.632. The first kappa shape index (κ1) is 18.7. The third-order valence-corrected chi connectivity index (χ3v) is 4.47. The molecule has 144 valence electrons. The Morgan fingerprint density at radius 2 is 1.52 bits per heavy atom. The summed E-state index contributed by atoms with van der Waals surface area (Å²) in [6.07, 6.45) is 0. The summed E-state index contributed by atoms with van der Waals surface area (Å²) in [5, 5.41) is 14.6. The molecule has 0 aliphatic rings. The topological polar surface area (TPSA) is 80.0 Å². The molecule has 3 aromatic carbocycles. The van der Waals surface area contributed by atoms with Gasteiger partial charge in [-0.3, -0.25) is 0 Å². The molecule has 0 saturated heterocycles. The lowest BCUT2D eigenvalue weighted by Crippen LogP contribution is -2.33. The Bertz CT molecular complexity index is 1080. The van der Waals surface area contributed by atoms with Crippen LogP contribution in [0.2, 0.25) is 5.02 Å². The maximum atomic E-state index is 12.6. The van der Waals surface area contributed by atoms with Gasteiger partial charge in [-0.25, -0.2) is 4.79 Å². The molecule has 4 rings (SSSR count). The number of amides is 2. The number of hydrogen-bond donors (Lipinski definition) is 2. The van der Waals surface area contributed by atoms with E-state index in [1.807, 2.05) is 60.7 Å². The fourth-order valence-corrected chi connectivity index (χ4v) is 2.94. The number of aromatic nitrogens is 2. The maximum absolute atomic E-state index is 12.6. The van der Waals surface area contributed by atoms with E-state index in [0.29, 0.717) is 16.6 Å². The molecule has 0 spiro atoms. The van der Waals surface area contributed by atoms with Gasteiger partial charge in [-0.1, -0.05) is 60.1 Å².